The molecule has 144 valence electrons. The number of aryl methyl sites for hydroxylation is 1. The molecule has 0 spiro atoms. The maximum Gasteiger partial charge on any atom is 0.240 e. The Morgan fingerprint density at radius 1 is 1.21 bits per heavy atom. The third-order valence-corrected chi connectivity index (χ3v) is 5.78. The molecule has 0 saturated heterocycles. The van der Waals surface area contributed by atoms with Gasteiger partial charge in [0.2, 0.25) is 11.1 Å². The van der Waals surface area contributed by atoms with Crippen LogP contribution in [0.1, 0.15) is 17.4 Å². The van der Waals surface area contributed by atoms with Crippen molar-refractivity contribution in [2.24, 2.45) is 0 Å². The van der Waals surface area contributed by atoms with Crippen LogP contribution in [0, 0.1) is 18.6 Å². The van der Waals surface area contributed by atoms with Crippen LogP contribution in [0.3, 0.4) is 0 Å². The number of rotatable bonds is 3. The number of nitrogens with zero attached hydrogens (tertiary/aromatic N) is 3. The van der Waals surface area contributed by atoms with Crippen LogP contribution in [-0.2, 0) is 4.79 Å². The van der Waals surface area contributed by atoms with E-state index >= 15 is 0 Å². The summed E-state index contributed by atoms with van der Waals surface area (Å²) in [4.78, 5) is 13.0. The zero-order chi connectivity index (χ0) is 19.8. The Bertz CT molecular complexity index is 1040. The number of hydrogen-bond donors (Lipinski definition) is 2. The predicted molar refractivity (Wildman–Crippen MR) is 103 cm³/mol. The van der Waals surface area contributed by atoms with Crippen molar-refractivity contribution < 1.29 is 13.6 Å². The molecular weight excluding hydrogens is 408 g/mol. The average Bonchev–Trinajstić information content (AvgIpc) is 3.04. The minimum Gasteiger partial charge on any atom is -0.325 e. The number of anilines is 1. The monoisotopic (exact) mass is 421 g/mol. The van der Waals surface area contributed by atoms with Crippen molar-refractivity contribution in [2.75, 3.05) is 10.7 Å². The van der Waals surface area contributed by atoms with Gasteiger partial charge in [0.05, 0.1) is 11.1 Å². The summed E-state index contributed by atoms with van der Waals surface area (Å²) in [6.07, 6.45) is 0. The van der Waals surface area contributed by atoms with Crippen molar-refractivity contribution in [2.45, 2.75) is 23.4 Å². The first kappa shape index (κ1) is 18.7. The fourth-order valence-corrected chi connectivity index (χ4v) is 4.17. The van der Waals surface area contributed by atoms with Gasteiger partial charge in [-0.1, -0.05) is 35.5 Å². The Kier molecular flexibility index (Phi) is 4.94. The normalized spacial score (nSPS) is 18.3. The van der Waals surface area contributed by atoms with E-state index in [9.17, 15) is 13.6 Å². The number of aromatic nitrogens is 3. The molecule has 0 saturated carbocycles. The minimum atomic E-state index is -0.634. The second kappa shape index (κ2) is 7.40. The van der Waals surface area contributed by atoms with Gasteiger partial charge in [-0.15, -0.1) is 10.2 Å². The van der Waals surface area contributed by atoms with Gasteiger partial charge >= 0.3 is 0 Å². The number of nitrogens with one attached hydrogen (secondary N) is 2. The lowest BCUT2D eigenvalue weighted by Crippen LogP contribution is -2.41. The highest BCUT2D eigenvalue weighted by Gasteiger charge is 2.37. The first-order valence-corrected chi connectivity index (χ1v) is 9.55. The Hall–Kier alpha value is -2.65. The number of halogens is 3. The molecular formula is C18H14ClF2N5OS. The smallest absolute Gasteiger partial charge is 0.240 e. The Labute approximate surface area is 168 Å². The second-order valence-corrected chi connectivity index (χ2v) is 7.70. The predicted octanol–water partition coefficient (Wildman–Crippen LogP) is 3.92. The summed E-state index contributed by atoms with van der Waals surface area (Å²) in [5, 5.41) is 10.6. The lowest BCUT2D eigenvalue weighted by molar-refractivity contribution is -0.116. The van der Waals surface area contributed by atoms with Crippen LogP contribution in [0.25, 0.3) is 0 Å². The van der Waals surface area contributed by atoms with E-state index in [0.29, 0.717) is 16.7 Å². The molecule has 1 aliphatic heterocycles. The van der Waals surface area contributed by atoms with Gasteiger partial charge in [-0.2, -0.15) is 0 Å². The third kappa shape index (κ3) is 3.55. The molecule has 0 fully saturated rings. The molecule has 0 unspecified atom stereocenters. The summed E-state index contributed by atoms with van der Waals surface area (Å²) in [5.41, 5.74) is 4.32. The zero-order valence-corrected chi connectivity index (χ0v) is 16.1. The Morgan fingerprint density at radius 3 is 2.68 bits per heavy atom. The van der Waals surface area contributed by atoms with E-state index < -0.39 is 17.1 Å². The molecule has 2 heterocycles. The maximum absolute atomic E-state index is 13.4. The summed E-state index contributed by atoms with van der Waals surface area (Å²) in [7, 11) is 0. The average molecular weight is 422 g/mol. The van der Waals surface area contributed by atoms with Gasteiger partial charge < -0.3 is 10.7 Å². The summed E-state index contributed by atoms with van der Waals surface area (Å²) in [6, 6.07) is 9.40. The summed E-state index contributed by atoms with van der Waals surface area (Å²) in [5.74, 6) is -0.628. The third-order valence-electron chi connectivity index (χ3n) is 4.27. The molecule has 4 rings (SSSR count). The van der Waals surface area contributed by atoms with E-state index in [0.717, 1.165) is 5.56 Å². The van der Waals surface area contributed by atoms with E-state index in [1.54, 1.807) is 23.7 Å². The number of fused-ring (bicyclic) bond motifs is 1. The van der Waals surface area contributed by atoms with Gasteiger partial charge in [-0.3, -0.25) is 4.79 Å². The minimum absolute atomic E-state index is 0.0855. The van der Waals surface area contributed by atoms with Crippen LogP contribution in [-0.4, -0.2) is 26.0 Å². The van der Waals surface area contributed by atoms with E-state index in [1.165, 1.54) is 42.1 Å². The van der Waals surface area contributed by atoms with E-state index in [-0.39, 0.29) is 16.7 Å². The molecule has 2 N–H and O–H groups in total. The molecule has 0 radical (unpaired) electrons. The Morgan fingerprint density at radius 2 is 1.96 bits per heavy atom. The number of benzene rings is 2. The summed E-state index contributed by atoms with van der Waals surface area (Å²) in [6.45, 7) is 1.78. The number of carbonyl (C=O) groups is 1. The standard InChI is InChI=1S/C18H14ClF2N5OS/c1-9-23-24-18-26(9)25-15(10-2-4-11(20)5-3-10)16(28-18)17(27)22-12-6-7-14(21)13(19)8-12/h2-8,15-16,25H,1H3,(H,22,27)/t15-,16+/m0/s1. The van der Waals surface area contributed by atoms with Crippen LogP contribution in [0.2, 0.25) is 5.02 Å². The molecule has 6 nitrogen and oxygen atoms in total. The van der Waals surface area contributed by atoms with Crippen LogP contribution < -0.4 is 10.7 Å². The zero-order valence-electron chi connectivity index (χ0n) is 14.5. The molecule has 1 aromatic heterocycles. The molecule has 2 atom stereocenters. The van der Waals surface area contributed by atoms with Gasteiger partial charge in [0.15, 0.2) is 0 Å². The first-order chi connectivity index (χ1) is 13.4. The molecule has 3 aromatic rings. The lowest BCUT2D eigenvalue weighted by atomic mass is 10.0. The van der Waals surface area contributed by atoms with Gasteiger partial charge in [0.1, 0.15) is 22.7 Å². The molecule has 28 heavy (non-hydrogen) atoms. The quantitative estimate of drug-likeness (QED) is 0.670. The van der Waals surface area contributed by atoms with Gasteiger partial charge in [-0.05, 0) is 42.8 Å². The highest BCUT2D eigenvalue weighted by molar-refractivity contribution is 8.00. The Balaban J connectivity index is 1.65. The van der Waals surface area contributed by atoms with Crippen molar-refractivity contribution in [3.8, 4) is 0 Å². The highest BCUT2D eigenvalue weighted by Crippen LogP contribution is 2.37. The fraction of sp³-hybridized carbons (Fsp3) is 0.167. The fourth-order valence-electron chi connectivity index (χ4n) is 2.87. The SMILES string of the molecule is Cc1nnc2n1N[C@@H](c1ccc(F)cc1)[C@H](C(=O)Nc1ccc(F)c(Cl)c1)S2. The molecule has 0 aliphatic carbocycles. The van der Waals surface area contributed by atoms with Crippen LogP contribution >= 0.6 is 23.4 Å². The van der Waals surface area contributed by atoms with Crippen molar-refractivity contribution >= 4 is 35.0 Å². The summed E-state index contributed by atoms with van der Waals surface area (Å²) < 4.78 is 28.4. The van der Waals surface area contributed by atoms with Crippen LogP contribution in [0.15, 0.2) is 47.6 Å². The van der Waals surface area contributed by atoms with Crippen molar-refractivity contribution in [3.63, 3.8) is 0 Å². The number of thioether (sulfide) groups is 1. The van der Waals surface area contributed by atoms with Gasteiger partial charge in [0, 0.05) is 5.69 Å². The maximum atomic E-state index is 13.4. The van der Waals surface area contributed by atoms with E-state index in [2.05, 4.69) is 20.9 Å². The van der Waals surface area contributed by atoms with Crippen LogP contribution in [0.5, 0.6) is 0 Å². The molecule has 2 aromatic carbocycles. The van der Waals surface area contributed by atoms with Crippen molar-refractivity contribution in [1.82, 2.24) is 14.9 Å². The first-order valence-electron chi connectivity index (χ1n) is 8.29. The molecule has 1 amide bonds. The van der Waals surface area contributed by atoms with Gasteiger partial charge in [0.25, 0.3) is 0 Å². The van der Waals surface area contributed by atoms with E-state index in [1.807, 2.05) is 0 Å². The lowest BCUT2D eigenvalue weighted by Gasteiger charge is -2.32. The second-order valence-electron chi connectivity index (χ2n) is 6.18. The van der Waals surface area contributed by atoms with Crippen LogP contribution in [0.4, 0.5) is 14.5 Å². The van der Waals surface area contributed by atoms with E-state index in [4.69, 9.17) is 11.6 Å². The topological polar surface area (TPSA) is 71.8 Å². The highest BCUT2D eigenvalue weighted by atomic mass is 35.5. The molecule has 10 heteroatoms. The number of hydrogen-bond acceptors (Lipinski definition) is 5. The summed E-state index contributed by atoms with van der Waals surface area (Å²) >= 11 is 7.02. The molecule has 1 aliphatic rings. The van der Waals surface area contributed by atoms with Crippen molar-refractivity contribution in [3.05, 3.63) is 70.5 Å². The number of carbonyl (C=O) groups excluding carboxylic acids is 1. The molecule has 0 bridgehead atoms. The largest absolute Gasteiger partial charge is 0.325 e. The van der Waals surface area contributed by atoms with Crippen molar-refractivity contribution in [1.29, 1.82) is 0 Å². The van der Waals surface area contributed by atoms with Gasteiger partial charge in [-0.25, -0.2) is 13.5 Å². The number of amides is 1.